The topological polar surface area (TPSA) is 132 Å². The predicted octanol–water partition coefficient (Wildman–Crippen LogP) is 3.27. The number of aliphatic hydroxyl groups is 1. The number of rotatable bonds is 7. The van der Waals surface area contributed by atoms with Crippen LogP contribution in [0.5, 0.6) is 17.4 Å². The summed E-state index contributed by atoms with van der Waals surface area (Å²) in [4.78, 5) is 31.6. The fraction of sp³-hybridized carbons (Fsp3) is 0.414. The van der Waals surface area contributed by atoms with Crippen LogP contribution >= 0.6 is 11.6 Å². The Bertz CT molecular complexity index is 1510. The molecule has 42 heavy (non-hydrogen) atoms. The van der Waals surface area contributed by atoms with E-state index in [2.05, 4.69) is 10.3 Å². The fourth-order valence-corrected chi connectivity index (χ4v) is 5.77. The Morgan fingerprint density at radius 3 is 2.74 bits per heavy atom. The highest BCUT2D eigenvalue weighted by atomic mass is 35.5. The summed E-state index contributed by atoms with van der Waals surface area (Å²) in [5.74, 6) is -4.37. The average molecular weight is 604 g/mol. The third kappa shape index (κ3) is 5.79. The number of halogens is 3. The summed E-state index contributed by atoms with van der Waals surface area (Å²) >= 11 is 6.02. The Morgan fingerprint density at radius 2 is 2.02 bits per heavy atom. The number of nitrogen functional groups attached to an aromatic ring is 1. The number of methoxy groups -OCH3 is 1. The molecule has 5 rings (SSSR count). The Morgan fingerprint density at radius 1 is 1.26 bits per heavy atom. The minimum Gasteiger partial charge on any atom is -0.495 e. The third-order valence-corrected chi connectivity index (χ3v) is 8.32. The molecule has 1 aromatic heterocycles. The standard InChI is InChI=1S/C29H32ClF2N5O5/c1-41-23-13-19(7-8-22(23)30)42-25-24(33)27(39)37(17-35-25)15-28(40)10-12-36(16-29(28,31)32)26(38)20-9-11-34-14-21(20)18-5-3-2-4-6-18/h2-8,13,17,20-21,34,40H,9-12,14-16,33H2,1H3/t20-,21+,28+/m1/s1. The first-order valence-corrected chi connectivity index (χ1v) is 13.9. The smallest absolute Gasteiger partial charge is 0.295 e. The molecule has 2 aliphatic rings. The van der Waals surface area contributed by atoms with Crippen molar-refractivity contribution in [3.63, 3.8) is 0 Å². The zero-order valence-corrected chi connectivity index (χ0v) is 23.7. The van der Waals surface area contributed by atoms with Gasteiger partial charge >= 0.3 is 0 Å². The van der Waals surface area contributed by atoms with E-state index in [1.54, 1.807) is 0 Å². The van der Waals surface area contributed by atoms with Crippen molar-refractivity contribution in [2.24, 2.45) is 5.92 Å². The summed E-state index contributed by atoms with van der Waals surface area (Å²) in [5.41, 5.74) is 3.02. The van der Waals surface area contributed by atoms with Gasteiger partial charge in [0.2, 0.25) is 11.8 Å². The van der Waals surface area contributed by atoms with Gasteiger partial charge in [-0.15, -0.1) is 0 Å². The van der Waals surface area contributed by atoms with E-state index in [1.807, 2.05) is 30.3 Å². The van der Waals surface area contributed by atoms with Crippen LogP contribution in [0.4, 0.5) is 14.5 Å². The first-order chi connectivity index (χ1) is 20.0. The largest absolute Gasteiger partial charge is 0.495 e. The number of alkyl halides is 2. The van der Waals surface area contributed by atoms with Gasteiger partial charge in [-0.25, -0.2) is 13.8 Å². The fourth-order valence-electron chi connectivity index (χ4n) is 5.57. The van der Waals surface area contributed by atoms with E-state index in [1.165, 1.54) is 25.3 Å². The molecule has 2 aromatic carbocycles. The molecule has 0 aliphatic carbocycles. The molecule has 4 N–H and O–H groups in total. The number of benzene rings is 2. The van der Waals surface area contributed by atoms with Crippen molar-refractivity contribution in [1.29, 1.82) is 0 Å². The van der Waals surface area contributed by atoms with E-state index in [4.69, 9.17) is 26.8 Å². The molecule has 1 amide bonds. The molecule has 224 valence electrons. The number of likely N-dealkylation sites (tertiary alicyclic amines) is 1. The Balaban J connectivity index is 1.30. The SMILES string of the molecule is COc1cc(Oc2ncn(C[C@@]3(O)CCN(C(=O)[C@@H]4CCNC[C@H]4c4ccccc4)CC3(F)F)c(=O)c2N)ccc1Cl. The highest BCUT2D eigenvalue weighted by Gasteiger charge is 2.57. The highest BCUT2D eigenvalue weighted by Crippen LogP contribution is 2.40. The Labute approximate surface area is 246 Å². The predicted molar refractivity (Wildman–Crippen MR) is 152 cm³/mol. The molecule has 0 spiro atoms. The summed E-state index contributed by atoms with van der Waals surface area (Å²) in [6.07, 6.45) is 1.07. The minimum absolute atomic E-state index is 0.0897. The first-order valence-electron chi connectivity index (χ1n) is 13.5. The minimum atomic E-state index is -3.71. The van der Waals surface area contributed by atoms with Crippen LogP contribution in [0.15, 0.2) is 59.7 Å². The van der Waals surface area contributed by atoms with Gasteiger partial charge in [0.25, 0.3) is 11.5 Å². The summed E-state index contributed by atoms with van der Waals surface area (Å²) in [5, 5.41) is 14.7. The second-order valence-corrected chi connectivity index (χ2v) is 11.1. The van der Waals surface area contributed by atoms with Crippen LogP contribution in [0.25, 0.3) is 0 Å². The average Bonchev–Trinajstić information content (AvgIpc) is 2.99. The molecule has 2 fully saturated rings. The zero-order valence-electron chi connectivity index (χ0n) is 22.9. The molecular weight excluding hydrogens is 572 g/mol. The van der Waals surface area contributed by atoms with E-state index in [9.17, 15) is 14.7 Å². The molecular formula is C29H32ClF2N5O5. The van der Waals surface area contributed by atoms with E-state index >= 15 is 8.78 Å². The van der Waals surface area contributed by atoms with E-state index < -0.39 is 48.2 Å². The number of nitrogens with one attached hydrogen (secondary N) is 1. The molecule has 2 aliphatic heterocycles. The number of nitrogens with two attached hydrogens (primary N) is 1. The summed E-state index contributed by atoms with van der Waals surface area (Å²) in [7, 11) is 1.43. The number of carbonyl (C=O) groups excluding carboxylic acids is 1. The van der Waals surface area contributed by atoms with Gasteiger partial charge in [0, 0.05) is 37.4 Å². The number of anilines is 1. The molecule has 3 aromatic rings. The van der Waals surface area contributed by atoms with E-state index in [0.29, 0.717) is 30.3 Å². The van der Waals surface area contributed by atoms with Crippen LogP contribution in [0.1, 0.15) is 24.3 Å². The van der Waals surface area contributed by atoms with Gasteiger partial charge in [-0.2, -0.15) is 0 Å². The number of hydrogen-bond acceptors (Lipinski definition) is 8. The molecule has 3 atom stereocenters. The van der Waals surface area contributed by atoms with Crippen molar-refractivity contribution in [2.45, 2.75) is 36.8 Å². The van der Waals surface area contributed by atoms with Gasteiger partial charge in [-0.1, -0.05) is 41.9 Å². The maximum atomic E-state index is 15.6. The van der Waals surface area contributed by atoms with Gasteiger partial charge < -0.3 is 30.5 Å². The number of amides is 1. The molecule has 0 unspecified atom stereocenters. The van der Waals surface area contributed by atoms with Crippen molar-refractivity contribution >= 4 is 23.2 Å². The number of ether oxygens (including phenoxy) is 2. The highest BCUT2D eigenvalue weighted by molar-refractivity contribution is 6.32. The Kier molecular flexibility index (Phi) is 8.40. The van der Waals surface area contributed by atoms with Gasteiger partial charge in [0.05, 0.1) is 25.2 Å². The second kappa shape index (κ2) is 11.9. The van der Waals surface area contributed by atoms with Crippen LogP contribution in [0, 0.1) is 5.92 Å². The van der Waals surface area contributed by atoms with Crippen molar-refractivity contribution < 1.29 is 28.2 Å². The van der Waals surface area contributed by atoms with Crippen LogP contribution in [-0.4, -0.2) is 70.3 Å². The first kappa shape index (κ1) is 29.7. The van der Waals surface area contributed by atoms with Crippen molar-refractivity contribution in [2.75, 3.05) is 39.0 Å². The molecule has 0 bridgehead atoms. The lowest BCUT2D eigenvalue weighted by Gasteiger charge is -2.46. The van der Waals surface area contributed by atoms with Crippen LogP contribution in [0.3, 0.4) is 0 Å². The summed E-state index contributed by atoms with van der Waals surface area (Å²) in [6, 6.07) is 14.0. The number of piperidine rings is 2. The molecule has 13 heteroatoms. The van der Waals surface area contributed by atoms with Gasteiger partial charge in [0.1, 0.15) is 23.4 Å². The van der Waals surface area contributed by atoms with E-state index in [-0.39, 0.29) is 30.0 Å². The molecule has 10 nitrogen and oxygen atoms in total. The molecule has 3 heterocycles. The van der Waals surface area contributed by atoms with Crippen molar-refractivity contribution in [3.8, 4) is 17.4 Å². The van der Waals surface area contributed by atoms with Gasteiger partial charge in [-0.05, 0) is 30.7 Å². The van der Waals surface area contributed by atoms with Crippen molar-refractivity contribution in [3.05, 3.63) is 75.8 Å². The third-order valence-electron chi connectivity index (χ3n) is 8.01. The van der Waals surface area contributed by atoms with Crippen LogP contribution < -0.4 is 26.1 Å². The normalized spacial score (nSPS) is 23.8. The van der Waals surface area contributed by atoms with E-state index in [0.717, 1.165) is 21.4 Å². The summed E-state index contributed by atoms with van der Waals surface area (Å²) < 4.78 is 42.7. The molecule has 2 saturated heterocycles. The van der Waals surface area contributed by atoms with Gasteiger partial charge in [-0.3, -0.25) is 14.2 Å². The quantitative estimate of drug-likeness (QED) is 0.375. The van der Waals surface area contributed by atoms with Crippen LogP contribution in [-0.2, 0) is 11.3 Å². The Hall–Kier alpha value is -3.74. The molecule has 0 radical (unpaired) electrons. The lowest BCUT2D eigenvalue weighted by Crippen LogP contribution is -2.64. The van der Waals surface area contributed by atoms with Crippen molar-refractivity contribution in [1.82, 2.24) is 19.8 Å². The monoisotopic (exact) mass is 603 g/mol. The maximum Gasteiger partial charge on any atom is 0.295 e. The second-order valence-electron chi connectivity index (χ2n) is 10.7. The number of nitrogens with zero attached hydrogens (tertiary/aromatic N) is 3. The van der Waals surface area contributed by atoms with Gasteiger partial charge in [0.15, 0.2) is 5.69 Å². The zero-order chi connectivity index (χ0) is 30.1. The lowest BCUT2D eigenvalue weighted by molar-refractivity contribution is -0.223. The van der Waals surface area contributed by atoms with Crippen LogP contribution in [0.2, 0.25) is 5.02 Å². The number of aromatic nitrogens is 2. The number of carbonyl (C=O) groups is 1. The maximum absolute atomic E-state index is 15.6. The summed E-state index contributed by atoms with van der Waals surface area (Å²) in [6.45, 7) is -0.653. The number of hydrogen-bond donors (Lipinski definition) is 3. The molecule has 0 saturated carbocycles. The lowest BCUT2D eigenvalue weighted by atomic mass is 9.79.